The Hall–Kier alpha value is -2.88. The number of carbonyl (C=O) groups is 1. The first-order valence-corrected chi connectivity index (χ1v) is 10.7. The summed E-state index contributed by atoms with van der Waals surface area (Å²) in [7, 11) is 1.15. The van der Waals surface area contributed by atoms with Crippen LogP contribution in [0.15, 0.2) is 35.8 Å². The summed E-state index contributed by atoms with van der Waals surface area (Å²) in [5, 5.41) is 6.77. The van der Waals surface area contributed by atoms with Gasteiger partial charge in [0.05, 0.1) is 19.5 Å². The van der Waals surface area contributed by atoms with Gasteiger partial charge in [0.2, 0.25) is 20.9 Å². The van der Waals surface area contributed by atoms with E-state index in [2.05, 4.69) is 10.2 Å². The fourth-order valence-corrected chi connectivity index (χ4v) is 5.03. The number of methoxy groups -OCH3 is 2. The van der Waals surface area contributed by atoms with Crippen LogP contribution >= 0.6 is 0 Å². The van der Waals surface area contributed by atoms with Crippen molar-refractivity contribution < 1.29 is 22.7 Å². The Labute approximate surface area is 169 Å². The number of benzene rings is 1. The maximum atomic E-state index is 12.7. The first-order chi connectivity index (χ1) is 13.9. The zero-order valence-electron chi connectivity index (χ0n) is 16.6. The number of piperidine rings is 1. The number of aromatic nitrogens is 3. The molecule has 9 nitrogen and oxygen atoms in total. The van der Waals surface area contributed by atoms with Crippen molar-refractivity contribution in [3.05, 3.63) is 36.2 Å². The highest BCUT2D eigenvalue weighted by atomic mass is 32.2. The number of amides is 1. The third kappa shape index (κ3) is 4.42. The van der Waals surface area contributed by atoms with Crippen molar-refractivity contribution in [2.45, 2.75) is 23.2 Å². The quantitative estimate of drug-likeness (QED) is 0.649. The van der Waals surface area contributed by atoms with E-state index in [0.717, 1.165) is 5.56 Å². The predicted octanol–water partition coefficient (Wildman–Crippen LogP) is 1.31. The molecular formula is C19H24N4O5S. The molecule has 10 heteroatoms. The number of ether oxygens (including phenoxy) is 2. The van der Waals surface area contributed by atoms with Gasteiger partial charge in [0.1, 0.15) is 6.33 Å². The second-order valence-corrected chi connectivity index (χ2v) is 8.86. The second kappa shape index (κ2) is 8.64. The largest absolute Gasteiger partial charge is 0.493 e. The molecule has 0 aliphatic carbocycles. The van der Waals surface area contributed by atoms with Crippen molar-refractivity contribution in [3.63, 3.8) is 0 Å². The topological polar surface area (TPSA) is 104 Å². The monoisotopic (exact) mass is 420 g/mol. The van der Waals surface area contributed by atoms with Gasteiger partial charge in [-0.05, 0) is 36.6 Å². The summed E-state index contributed by atoms with van der Waals surface area (Å²) in [5.41, 5.74) is 0.802. The van der Waals surface area contributed by atoms with Gasteiger partial charge in [-0.25, -0.2) is 8.42 Å². The van der Waals surface area contributed by atoms with Crippen LogP contribution < -0.4 is 9.47 Å². The number of rotatable bonds is 6. The first-order valence-electron chi connectivity index (χ1n) is 9.13. The van der Waals surface area contributed by atoms with Crippen molar-refractivity contribution in [1.82, 2.24) is 19.7 Å². The Bertz CT molecular complexity index is 1010. The number of likely N-dealkylation sites (tertiary alicyclic amines) is 1. The molecule has 2 heterocycles. The molecule has 0 bridgehead atoms. The average molecular weight is 420 g/mol. The van der Waals surface area contributed by atoms with Crippen molar-refractivity contribution >= 4 is 21.8 Å². The van der Waals surface area contributed by atoms with Gasteiger partial charge in [-0.15, -0.1) is 10.2 Å². The van der Waals surface area contributed by atoms with E-state index in [0.29, 0.717) is 37.4 Å². The van der Waals surface area contributed by atoms with Gasteiger partial charge in [0.15, 0.2) is 11.5 Å². The van der Waals surface area contributed by atoms with E-state index in [9.17, 15) is 13.2 Å². The van der Waals surface area contributed by atoms with Crippen molar-refractivity contribution in [3.8, 4) is 11.5 Å². The van der Waals surface area contributed by atoms with E-state index in [1.807, 2.05) is 6.07 Å². The van der Waals surface area contributed by atoms with E-state index in [4.69, 9.17) is 9.47 Å². The third-order valence-corrected chi connectivity index (χ3v) is 7.17. The highest BCUT2D eigenvalue weighted by molar-refractivity contribution is 7.91. The minimum absolute atomic E-state index is 0.0318. The summed E-state index contributed by atoms with van der Waals surface area (Å²) in [6.45, 7) is 0.744. The lowest BCUT2D eigenvalue weighted by atomic mass is 10.1. The van der Waals surface area contributed by atoms with Crippen LogP contribution in [0.2, 0.25) is 0 Å². The predicted molar refractivity (Wildman–Crippen MR) is 106 cm³/mol. The highest BCUT2D eigenvalue weighted by Gasteiger charge is 2.35. The van der Waals surface area contributed by atoms with E-state index in [-0.39, 0.29) is 11.1 Å². The van der Waals surface area contributed by atoms with Gasteiger partial charge in [-0.1, -0.05) is 6.07 Å². The Morgan fingerprint density at radius 2 is 1.86 bits per heavy atom. The van der Waals surface area contributed by atoms with Gasteiger partial charge in [-0.2, -0.15) is 0 Å². The molecule has 1 aromatic carbocycles. The van der Waals surface area contributed by atoms with E-state index in [1.54, 1.807) is 44.4 Å². The summed E-state index contributed by atoms with van der Waals surface area (Å²) < 4.78 is 37.3. The molecule has 3 rings (SSSR count). The van der Waals surface area contributed by atoms with Crippen molar-refractivity contribution in [1.29, 1.82) is 0 Å². The van der Waals surface area contributed by atoms with Gasteiger partial charge < -0.3 is 18.9 Å². The third-order valence-electron chi connectivity index (χ3n) is 4.94. The van der Waals surface area contributed by atoms with Gasteiger partial charge in [0, 0.05) is 26.2 Å². The van der Waals surface area contributed by atoms with Crippen molar-refractivity contribution in [2.24, 2.45) is 7.05 Å². The molecule has 29 heavy (non-hydrogen) atoms. The fourth-order valence-electron chi connectivity index (χ4n) is 3.30. The number of sulfone groups is 1. The molecule has 156 valence electrons. The zero-order chi connectivity index (χ0) is 21.0. The second-order valence-electron chi connectivity index (χ2n) is 6.74. The van der Waals surface area contributed by atoms with Crippen LogP contribution in [-0.4, -0.2) is 66.5 Å². The lowest BCUT2D eigenvalue weighted by molar-refractivity contribution is -0.126. The first kappa shape index (κ1) is 20.8. The summed E-state index contributed by atoms with van der Waals surface area (Å²) in [5.74, 6) is 1.04. The van der Waals surface area contributed by atoms with Crippen LogP contribution in [-0.2, 0) is 21.7 Å². The molecule has 0 saturated carbocycles. The van der Waals surface area contributed by atoms with Gasteiger partial charge in [0.25, 0.3) is 0 Å². The number of nitrogens with zero attached hydrogens (tertiary/aromatic N) is 4. The fraction of sp³-hybridized carbons (Fsp3) is 0.421. The molecule has 1 amide bonds. The Morgan fingerprint density at radius 1 is 1.17 bits per heavy atom. The summed E-state index contributed by atoms with van der Waals surface area (Å²) in [4.78, 5) is 14.1. The molecule has 0 unspecified atom stereocenters. The molecular weight excluding hydrogens is 396 g/mol. The molecule has 0 spiro atoms. The Balaban J connectivity index is 1.62. The van der Waals surface area contributed by atoms with E-state index in [1.165, 1.54) is 17.0 Å². The summed E-state index contributed by atoms with van der Waals surface area (Å²) >= 11 is 0. The lowest BCUT2D eigenvalue weighted by Gasteiger charge is -2.30. The van der Waals surface area contributed by atoms with E-state index < -0.39 is 15.1 Å². The minimum atomic E-state index is -3.56. The number of carbonyl (C=O) groups excluding carboxylic acids is 1. The molecule has 1 fully saturated rings. The van der Waals surface area contributed by atoms with Crippen LogP contribution in [0.3, 0.4) is 0 Å². The molecule has 1 saturated heterocycles. The van der Waals surface area contributed by atoms with Gasteiger partial charge >= 0.3 is 0 Å². The molecule has 0 radical (unpaired) electrons. The van der Waals surface area contributed by atoms with Crippen LogP contribution in [0.1, 0.15) is 18.4 Å². The summed E-state index contributed by atoms with van der Waals surface area (Å²) in [6.07, 6.45) is 5.28. The molecule has 1 aromatic heterocycles. The smallest absolute Gasteiger partial charge is 0.249 e. The zero-order valence-corrected chi connectivity index (χ0v) is 17.4. The SMILES string of the molecule is COc1ccc(/C=C/C(=O)N2CCC(S(=O)(=O)c3nncn3C)CC2)cc1OC. The van der Waals surface area contributed by atoms with Crippen molar-refractivity contribution in [2.75, 3.05) is 27.3 Å². The maximum Gasteiger partial charge on any atom is 0.249 e. The Kier molecular flexibility index (Phi) is 6.21. The standard InChI is InChI=1S/C19H24N4O5S/c1-22-13-20-21-19(22)29(25,26)15-8-10-23(11-9-15)18(24)7-5-14-4-6-16(27-2)17(12-14)28-3/h4-7,12-13,15H,8-11H2,1-3H3/b7-5+. The van der Waals surface area contributed by atoms with Crippen LogP contribution in [0, 0.1) is 0 Å². The van der Waals surface area contributed by atoms with Crippen LogP contribution in [0.25, 0.3) is 6.08 Å². The van der Waals surface area contributed by atoms with Crippen LogP contribution in [0.4, 0.5) is 0 Å². The van der Waals surface area contributed by atoms with Gasteiger partial charge in [-0.3, -0.25) is 4.79 Å². The number of hydrogen-bond acceptors (Lipinski definition) is 7. The average Bonchev–Trinajstić information content (AvgIpc) is 3.18. The molecule has 2 aromatic rings. The molecule has 0 atom stereocenters. The van der Waals surface area contributed by atoms with E-state index >= 15 is 0 Å². The van der Waals surface area contributed by atoms with Crippen LogP contribution in [0.5, 0.6) is 11.5 Å². The minimum Gasteiger partial charge on any atom is -0.493 e. The lowest BCUT2D eigenvalue weighted by Crippen LogP contribution is -2.42. The molecule has 0 N–H and O–H groups in total. The maximum absolute atomic E-state index is 12.7. The normalized spacial score (nSPS) is 15.6. The number of aryl methyl sites for hydroxylation is 1. The molecule has 1 aliphatic heterocycles. The highest BCUT2D eigenvalue weighted by Crippen LogP contribution is 2.28. The molecule has 1 aliphatic rings. The Morgan fingerprint density at radius 3 is 2.45 bits per heavy atom. The summed E-state index contributed by atoms with van der Waals surface area (Å²) in [6, 6.07) is 5.37. The number of hydrogen-bond donors (Lipinski definition) is 0.